The second-order valence-electron chi connectivity index (χ2n) is 7.40. The predicted octanol–water partition coefficient (Wildman–Crippen LogP) is 6.06. The summed E-state index contributed by atoms with van der Waals surface area (Å²) in [5.74, 6) is 2.91. The summed E-state index contributed by atoms with van der Waals surface area (Å²) in [5, 5.41) is 15.8. The molecule has 4 aromatic rings. The molecule has 0 saturated heterocycles. The summed E-state index contributed by atoms with van der Waals surface area (Å²) < 4.78 is 15.6. The molecule has 8 nitrogen and oxygen atoms in total. The molecule has 2 aromatic heterocycles. The molecule has 178 valence electrons. The lowest BCUT2D eigenvalue weighted by Crippen LogP contribution is -2.06. The summed E-state index contributed by atoms with van der Waals surface area (Å²) in [7, 11) is 3.22. The first kappa shape index (κ1) is 24.5. The van der Waals surface area contributed by atoms with E-state index in [2.05, 4.69) is 20.4 Å². The number of H-pyrrole nitrogens is 2. The van der Waals surface area contributed by atoms with Crippen molar-refractivity contribution < 1.29 is 9.47 Å². The first-order chi connectivity index (χ1) is 16.4. The van der Waals surface area contributed by atoms with Crippen LogP contribution in [-0.2, 0) is 12.8 Å². The fourth-order valence-corrected chi connectivity index (χ4v) is 4.56. The van der Waals surface area contributed by atoms with E-state index in [9.17, 15) is 0 Å². The molecule has 0 aliphatic heterocycles. The summed E-state index contributed by atoms with van der Waals surface area (Å²) in [6.07, 6.45) is 3.06. The Bertz CT molecular complexity index is 1320. The van der Waals surface area contributed by atoms with Gasteiger partial charge in [0.25, 0.3) is 0 Å². The summed E-state index contributed by atoms with van der Waals surface area (Å²) in [5.41, 5.74) is 1.50. The number of nitrogens with zero attached hydrogens (tertiary/aromatic N) is 4. The van der Waals surface area contributed by atoms with Gasteiger partial charge in [0.15, 0.2) is 9.54 Å². The van der Waals surface area contributed by atoms with Gasteiger partial charge in [0.2, 0.25) is 0 Å². The molecular formula is C22H22Cl2N6O2S2. The molecule has 0 radical (unpaired) electrons. The van der Waals surface area contributed by atoms with Gasteiger partial charge in [-0.15, -0.1) is 0 Å². The molecule has 0 unspecified atom stereocenters. The number of aromatic nitrogens is 6. The van der Waals surface area contributed by atoms with E-state index >= 15 is 0 Å². The lowest BCUT2D eigenvalue weighted by molar-refractivity contribution is 0.412. The zero-order valence-electron chi connectivity index (χ0n) is 18.5. The van der Waals surface area contributed by atoms with Crippen molar-refractivity contribution in [2.24, 2.45) is 0 Å². The molecule has 0 spiro atoms. The van der Waals surface area contributed by atoms with E-state index in [0.29, 0.717) is 43.9 Å². The zero-order valence-corrected chi connectivity index (χ0v) is 21.6. The zero-order chi connectivity index (χ0) is 24.2. The van der Waals surface area contributed by atoms with Crippen molar-refractivity contribution in [3.8, 4) is 22.9 Å². The van der Waals surface area contributed by atoms with Crippen LogP contribution >= 0.6 is 47.6 Å². The molecule has 34 heavy (non-hydrogen) atoms. The van der Waals surface area contributed by atoms with Crippen LogP contribution in [0.15, 0.2) is 36.4 Å². The van der Waals surface area contributed by atoms with Gasteiger partial charge < -0.3 is 9.47 Å². The lowest BCUT2D eigenvalue weighted by Gasteiger charge is -2.13. The van der Waals surface area contributed by atoms with Gasteiger partial charge in [-0.3, -0.25) is 19.3 Å². The Labute approximate surface area is 216 Å². The van der Waals surface area contributed by atoms with Crippen LogP contribution in [0.4, 0.5) is 0 Å². The second-order valence-corrected chi connectivity index (χ2v) is 9.05. The number of ether oxygens (including phenoxy) is 2. The highest BCUT2D eigenvalue weighted by Crippen LogP contribution is 2.29. The van der Waals surface area contributed by atoms with Gasteiger partial charge in [-0.2, -0.15) is 10.2 Å². The first-order valence-corrected chi connectivity index (χ1v) is 12.0. The molecular weight excluding hydrogens is 515 g/mol. The predicted molar refractivity (Wildman–Crippen MR) is 137 cm³/mol. The quantitative estimate of drug-likeness (QED) is 0.199. The fourth-order valence-electron chi connectivity index (χ4n) is 3.73. The maximum absolute atomic E-state index is 6.22. The summed E-state index contributed by atoms with van der Waals surface area (Å²) in [6, 6.07) is 10.8. The molecule has 4 rings (SSSR count). The Kier molecular flexibility index (Phi) is 7.72. The van der Waals surface area contributed by atoms with Crippen LogP contribution in [0, 0.1) is 9.54 Å². The maximum Gasteiger partial charge on any atom is 0.199 e. The van der Waals surface area contributed by atoms with Gasteiger partial charge in [0.1, 0.15) is 23.1 Å². The molecule has 2 heterocycles. The number of aromatic amines is 2. The number of nitrogens with one attached hydrogen (secondary N) is 2. The number of benzene rings is 2. The molecule has 0 fully saturated rings. The van der Waals surface area contributed by atoms with E-state index in [-0.39, 0.29) is 0 Å². The van der Waals surface area contributed by atoms with Gasteiger partial charge in [0.05, 0.1) is 25.6 Å². The third-order valence-electron chi connectivity index (χ3n) is 5.30. The molecule has 2 N–H and O–H groups in total. The van der Waals surface area contributed by atoms with Crippen LogP contribution in [-0.4, -0.2) is 43.7 Å². The van der Waals surface area contributed by atoms with Gasteiger partial charge in [-0.25, -0.2) is 0 Å². The Balaban J connectivity index is 1.51. The van der Waals surface area contributed by atoms with Crippen molar-refractivity contribution in [2.75, 3.05) is 14.2 Å². The van der Waals surface area contributed by atoms with E-state index < -0.39 is 0 Å². The monoisotopic (exact) mass is 536 g/mol. The highest BCUT2D eigenvalue weighted by molar-refractivity contribution is 7.71. The van der Waals surface area contributed by atoms with E-state index in [1.165, 1.54) is 0 Å². The third kappa shape index (κ3) is 5.05. The van der Waals surface area contributed by atoms with Crippen LogP contribution in [0.5, 0.6) is 11.5 Å². The topological polar surface area (TPSA) is 85.7 Å². The normalized spacial score (nSPS) is 11.1. The van der Waals surface area contributed by atoms with Crippen LogP contribution < -0.4 is 9.47 Å². The molecule has 0 aliphatic rings. The van der Waals surface area contributed by atoms with Crippen molar-refractivity contribution in [3.63, 3.8) is 0 Å². The summed E-state index contributed by atoms with van der Waals surface area (Å²) >= 11 is 23.4. The maximum atomic E-state index is 6.22. The summed E-state index contributed by atoms with van der Waals surface area (Å²) in [4.78, 5) is 0. The minimum absolute atomic E-state index is 0.476. The van der Waals surface area contributed by atoms with Crippen LogP contribution in [0.2, 0.25) is 10.0 Å². The SMILES string of the molecule is COc1ccc(Cl)cc1-n1c(CCCCc2n[nH]c(=S)n2-c2cc(Cl)ccc2OC)n[nH]c1=S. The average molecular weight is 537 g/mol. The van der Waals surface area contributed by atoms with Crippen molar-refractivity contribution in [3.05, 3.63) is 67.6 Å². The number of hydrogen-bond donors (Lipinski definition) is 2. The molecule has 0 saturated carbocycles. The fraction of sp³-hybridized carbons (Fsp3) is 0.273. The van der Waals surface area contributed by atoms with Gasteiger partial charge in [-0.05, 0) is 73.7 Å². The van der Waals surface area contributed by atoms with Crippen molar-refractivity contribution in [2.45, 2.75) is 25.7 Å². The smallest absolute Gasteiger partial charge is 0.199 e. The Morgan fingerprint density at radius 3 is 1.56 bits per heavy atom. The Hall–Kier alpha value is -2.66. The Morgan fingerprint density at radius 1 is 0.765 bits per heavy atom. The lowest BCUT2D eigenvalue weighted by atomic mass is 10.1. The highest BCUT2D eigenvalue weighted by Gasteiger charge is 2.16. The number of methoxy groups -OCH3 is 2. The molecule has 0 bridgehead atoms. The number of halogens is 2. The molecule has 0 amide bonds. The standard InChI is InChI=1S/C22H22Cl2N6O2S2/c1-31-17-9-7-13(23)11-15(17)29-19(25-27-21(29)33)5-3-4-6-20-26-28-22(34)30(20)16-12-14(24)8-10-18(16)32-2/h7-12H,3-6H2,1-2H3,(H,27,33)(H,28,34). The number of aryl methyl sites for hydroxylation is 2. The summed E-state index contributed by atoms with van der Waals surface area (Å²) in [6.45, 7) is 0. The van der Waals surface area contributed by atoms with Crippen LogP contribution in [0.3, 0.4) is 0 Å². The first-order valence-electron chi connectivity index (χ1n) is 10.4. The van der Waals surface area contributed by atoms with Gasteiger partial charge in [0, 0.05) is 22.9 Å². The second kappa shape index (κ2) is 10.7. The van der Waals surface area contributed by atoms with Gasteiger partial charge in [-0.1, -0.05) is 23.2 Å². The minimum Gasteiger partial charge on any atom is -0.495 e. The average Bonchev–Trinajstić information content (AvgIpc) is 3.38. The Morgan fingerprint density at radius 2 is 1.18 bits per heavy atom. The van der Waals surface area contributed by atoms with Gasteiger partial charge >= 0.3 is 0 Å². The van der Waals surface area contributed by atoms with E-state index in [1.807, 2.05) is 33.4 Å². The number of hydrogen-bond acceptors (Lipinski definition) is 6. The van der Waals surface area contributed by atoms with E-state index in [4.69, 9.17) is 57.1 Å². The van der Waals surface area contributed by atoms with Crippen LogP contribution in [0.1, 0.15) is 24.5 Å². The number of unbranched alkanes of at least 4 members (excludes halogenated alkanes) is 1. The molecule has 12 heteroatoms. The van der Waals surface area contributed by atoms with Crippen molar-refractivity contribution in [1.82, 2.24) is 29.5 Å². The number of rotatable bonds is 9. The molecule has 0 aliphatic carbocycles. The molecule has 0 atom stereocenters. The van der Waals surface area contributed by atoms with Crippen molar-refractivity contribution >= 4 is 47.6 Å². The largest absolute Gasteiger partial charge is 0.495 e. The van der Waals surface area contributed by atoms with E-state index in [1.54, 1.807) is 26.4 Å². The van der Waals surface area contributed by atoms with Crippen molar-refractivity contribution in [1.29, 1.82) is 0 Å². The van der Waals surface area contributed by atoms with Crippen LogP contribution in [0.25, 0.3) is 11.4 Å². The highest BCUT2D eigenvalue weighted by atomic mass is 35.5. The minimum atomic E-state index is 0.476. The molecule has 2 aromatic carbocycles. The van der Waals surface area contributed by atoms with E-state index in [0.717, 1.165) is 35.9 Å². The third-order valence-corrected chi connectivity index (χ3v) is 6.32.